The van der Waals surface area contributed by atoms with Gasteiger partial charge in [0.25, 0.3) is 11.1 Å². The van der Waals surface area contributed by atoms with Gasteiger partial charge in [-0.2, -0.15) is 0 Å². The summed E-state index contributed by atoms with van der Waals surface area (Å²) in [7, 11) is 0. The van der Waals surface area contributed by atoms with Crippen molar-refractivity contribution in [3.63, 3.8) is 0 Å². The zero-order valence-electron chi connectivity index (χ0n) is 12.4. The van der Waals surface area contributed by atoms with Crippen LogP contribution in [0, 0.1) is 0 Å². The molecule has 1 aromatic carbocycles. The standard InChI is InChI=1S/C15H17N3O5/c19-12(16-8-3-6-13(20)21)7-9-18-15(23)11-5-2-1-4-10(11)14(22)17-18/h1-2,4-5H,3,6-9H2,(H,16,19)(H,17,22)(H,20,21). The smallest absolute Gasteiger partial charge is 0.303 e. The summed E-state index contributed by atoms with van der Waals surface area (Å²) in [5, 5.41) is 14.1. The molecule has 0 radical (unpaired) electrons. The summed E-state index contributed by atoms with van der Waals surface area (Å²) in [4.78, 5) is 46.1. The fourth-order valence-electron chi connectivity index (χ4n) is 2.17. The van der Waals surface area contributed by atoms with Gasteiger partial charge in [0.1, 0.15) is 0 Å². The summed E-state index contributed by atoms with van der Waals surface area (Å²) in [6.07, 6.45) is 0.340. The van der Waals surface area contributed by atoms with E-state index in [-0.39, 0.29) is 43.0 Å². The Morgan fingerprint density at radius 2 is 1.83 bits per heavy atom. The Balaban J connectivity index is 1.98. The van der Waals surface area contributed by atoms with E-state index >= 15 is 0 Å². The molecule has 8 heteroatoms. The first-order valence-corrected chi connectivity index (χ1v) is 7.19. The molecule has 0 unspecified atom stereocenters. The largest absolute Gasteiger partial charge is 0.481 e. The zero-order chi connectivity index (χ0) is 16.8. The number of hydrogen-bond acceptors (Lipinski definition) is 4. The van der Waals surface area contributed by atoms with Crippen molar-refractivity contribution in [2.45, 2.75) is 25.8 Å². The van der Waals surface area contributed by atoms with E-state index in [0.29, 0.717) is 17.2 Å². The molecule has 2 aromatic rings. The Bertz CT molecular complexity index is 837. The number of carboxylic acids is 1. The van der Waals surface area contributed by atoms with E-state index in [9.17, 15) is 19.2 Å². The van der Waals surface area contributed by atoms with Crippen LogP contribution in [-0.4, -0.2) is 33.3 Å². The SMILES string of the molecule is O=C(O)CCCNC(=O)CCn1[nH]c(=O)c2ccccc2c1=O. The maximum absolute atomic E-state index is 12.2. The number of nitrogens with one attached hydrogen (secondary N) is 2. The minimum atomic E-state index is -0.917. The van der Waals surface area contributed by atoms with Gasteiger partial charge in [-0.05, 0) is 18.6 Å². The number of carbonyl (C=O) groups is 2. The first-order chi connectivity index (χ1) is 11.0. The number of aromatic nitrogens is 2. The van der Waals surface area contributed by atoms with Crippen molar-refractivity contribution in [1.82, 2.24) is 15.1 Å². The van der Waals surface area contributed by atoms with Crippen LogP contribution in [0.3, 0.4) is 0 Å². The molecule has 0 fully saturated rings. The van der Waals surface area contributed by atoms with Gasteiger partial charge >= 0.3 is 5.97 Å². The second-order valence-corrected chi connectivity index (χ2v) is 5.04. The number of carboxylic acid groups (broad SMARTS) is 1. The second kappa shape index (κ2) is 7.39. The molecule has 0 spiro atoms. The van der Waals surface area contributed by atoms with Crippen molar-refractivity contribution in [3.05, 3.63) is 45.0 Å². The Kier molecular flexibility index (Phi) is 5.29. The molecule has 0 aliphatic rings. The summed E-state index contributed by atoms with van der Waals surface area (Å²) >= 11 is 0. The lowest BCUT2D eigenvalue weighted by Gasteiger charge is -2.07. The summed E-state index contributed by atoms with van der Waals surface area (Å²) < 4.78 is 1.11. The molecule has 8 nitrogen and oxygen atoms in total. The van der Waals surface area contributed by atoms with Gasteiger partial charge in [-0.3, -0.25) is 24.3 Å². The zero-order valence-corrected chi connectivity index (χ0v) is 12.4. The van der Waals surface area contributed by atoms with Crippen molar-refractivity contribution in [2.24, 2.45) is 0 Å². The lowest BCUT2D eigenvalue weighted by atomic mass is 10.2. The molecule has 122 valence electrons. The molecule has 0 saturated carbocycles. The minimum Gasteiger partial charge on any atom is -0.481 e. The predicted octanol–water partition coefficient (Wildman–Crippen LogP) is 0.0609. The molecule has 0 bridgehead atoms. The van der Waals surface area contributed by atoms with Gasteiger partial charge < -0.3 is 10.4 Å². The van der Waals surface area contributed by atoms with E-state index in [1.807, 2.05) is 0 Å². The highest BCUT2D eigenvalue weighted by Crippen LogP contribution is 2.02. The fourth-order valence-corrected chi connectivity index (χ4v) is 2.17. The van der Waals surface area contributed by atoms with Gasteiger partial charge in [0, 0.05) is 19.4 Å². The van der Waals surface area contributed by atoms with Crippen LogP contribution in [0.15, 0.2) is 33.9 Å². The van der Waals surface area contributed by atoms with Gasteiger partial charge in [0.05, 0.1) is 17.3 Å². The number of benzene rings is 1. The normalized spacial score (nSPS) is 10.6. The van der Waals surface area contributed by atoms with E-state index in [2.05, 4.69) is 10.4 Å². The quantitative estimate of drug-likeness (QED) is 0.623. The highest BCUT2D eigenvalue weighted by atomic mass is 16.4. The van der Waals surface area contributed by atoms with Crippen LogP contribution in [-0.2, 0) is 16.1 Å². The van der Waals surface area contributed by atoms with Crippen molar-refractivity contribution in [3.8, 4) is 0 Å². The Labute approximate surface area is 130 Å². The molecule has 23 heavy (non-hydrogen) atoms. The first-order valence-electron chi connectivity index (χ1n) is 7.19. The van der Waals surface area contributed by atoms with Crippen molar-refractivity contribution in [2.75, 3.05) is 6.54 Å². The molecule has 1 aromatic heterocycles. The molecule has 0 atom stereocenters. The van der Waals surface area contributed by atoms with E-state index in [1.54, 1.807) is 24.3 Å². The summed E-state index contributed by atoms with van der Waals surface area (Å²) in [6.45, 7) is 0.304. The summed E-state index contributed by atoms with van der Waals surface area (Å²) in [5.41, 5.74) is -0.749. The van der Waals surface area contributed by atoms with Crippen molar-refractivity contribution in [1.29, 1.82) is 0 Å². The third-order valence-electron chi connectivity index (χ3n) is 3.34. The highest BCUT2D eigenvalue weighted by Gasteiger charge is 2.08. The summed E-state index contributed by atoms with van der Waals surface area (Å²) in [6, 6.07) is 6.47. The average molecular weight is 319 g/mol. The van der Waals surface area contributed by atoms with Crippen LogP contribution < -0.4 is 16.4 Å². The lowest BCUT2D eigenvalue weighted by Crippen LogP contribution is -2.32. The number of aryl methyl sites for hydroxylation is 1. The third-order valence-corrected chi connectivity index (χ3v) is 3.34. The fraction of sp³-hybridized carbons (Fsp3) is 0.333. The molecular weight excluding hydrogens is 302 g/mol. The summed E-state index contributed by atoms with van der Waals surface area (Å²) in [5.74, 6) is -1.23. The molecule has 1 amide bonds. The molecule has 0 saturated heterocycles. The van der Waals surface area contributed by atoms with Crippen LogP contribution in [0.1, 0.15) is 19.3 Å². The van der Waals surface area contributed by atoms with E-state index < -0.39 is 5.97 Å². The lowest BCUT2D eigenvalue weighted by molar-refractivity contribution is -0.137. The van der Waals surface area contributed by atoms with Gasteiger partial charge in [-0.25, -0.2) is 4.68 Å². The Morgan fingerprint density at radius 1 is 1.13 bits per heavy atom. The van der Waals surface area contributed by atoms with Crippen LogP contribution in [0.4, 0.5) is 0 Å². The van der Waals surface area contributed by atoms with Crippen LogP contribution in [0.2, 0.25) is 0 Å². The average Bonchev–Trinajstić information content (AvgIpc) is 2.53. The van der Waals surface area contributed by atoms with E-state index in [4.69, 9.17) is 5.11 Å². The van der Waals surface area contributed by atoms with Gasteiger partial charge in [0.2, 0.25) is 5.91 Å². The van der Waals surface area contributed by atoms with Crippen LogP contribution in [0.5, 0.6) is 0 Å². The minimum absolute atomic E-state index is 0.0151. The van der Waals surface area contributed by atoms with E-state index in [0.717, 1.165) is 4.68 Å². The molecule has 2 rings (SSSR count). The maximum Gasteiger partial charge on any atom is 0.303 e. The number of nitrogens with zero attached hydrogens (tertiary/aromatic N) is 1. The molecule has 3 N–H and O–H groups in total. The Morgan fingerprint density at radius 3 is 2.52 bits per heavy atom. The van der Waals surface area contributed by atoms with Crippen molar-refractivity contribution < 1.29 is 14.7 Å². The topological polar surface area (TPSA) is 121 Å². The van der Waals surface area contributed by atoms with Crippen LogP contribution >= 0.6 is 0 Å². The number of rotatable bonds is 7. The van der Waals surface area contributed by atoms with Gasteiger partial charge in [-0.15, -0.1) is 0 Å². The van der Waals surface area contributed by atoms with E-state index in [1.165, 1.54) is 0 Å². The monoisotopic (exact) mass is 319 g/mol. The number of aromatic amines is 1. The van der Waals surface area contributed by atoms with Crippen molar-refractivity contribution >= 4 is 22.6 Å². The molecular formula is C15H17N3O5. The van der Waals surface area contributed by atoms with Gasteiger partial charge in [0.15, 0.2) is 0 Å². The maximum atomic E-state index is 12.2. The number of fused-ring (bicyclic) bond motifs is 1. The molecule has 0 aliphatic heterocycles. The Hall–Kier alpha value is -2.90. The van der Waals surface area contributed by atoms with Crippen LogP contribution in [0.25, 0.3) is 10.8 Å². The first kappa shape index (κ1) is 16.5. The number of hydrogen-bond donors (Lipinski definition) is 3. The number of H-pyrrole nitrogens is 1. The molecule has 1 heterocycles. The highest BCUT2D eigenvalue weighted by molar-refractivity contribution is 5.80. The van der Waals surface area contributed by atoms with Gasteiger partial charge in [-0.1, -0.05) is 12.1 Å². The third kappa shape index (κ3) is 4.29. The predicted molar refractivity (Wildman–Crippen MR) is 83.3 cm³/mol. The number of aliphatic carboxylic acids is 1. The number of amides is 1. The number of carbonyl (C=O) groups excluding carboxylic acids is 1. The molecule has 0 aliphatic carbocycles. The second-order valence-electron chi connectivity index (χ2n) is 5.04.